The van der Waals surface area contributed by atoms with E-state index in [0.29, 0.717) is 5.13 Å². The van der Waals surface area contributed by atoms with Gasteiger partial charge in [-0.05, 0) is 12.8 Å². The lowest BCUT2D eigenvalue weighted by Crippen LogP contribution is -2.42. The first-order valence-corrected chi connectivity index (χ1v) is 6.12. The Morgan fingerprint density at radius 3 is 2.78 bits per heavy atom. The van der Waals surface area contributed by atoms with E-state index in [2.05, 4.69) is 27.4 Å². The SMILES string of the molecule is C=CCC(NC(=O)Nc1nnc(CC)s1)C(=O)O. The third kappa shape index (κ3) is 4.13. The summed E-state index contributed by atoms with van der Waals surface area (Å²) in [6, 6.07) is -1.62. The van der Waals surface area contributed by atoms with Crippen molar-refractivity contribution < 1.29 is 14.7 Å². The second-order valence-corrected chi connectivity index (χ2v) is 4.43. The highest BCUT2D eigenvalue weighted by molar-refractivity contribution is 7.15. The Kier molecular flexibility index (Phi) is 5.25. The molecule has 7 nitrogen and oxygen atoms in total. The fourth-order valence-corrected chi connectivity index (χ4v) is 1.80. The highest BCUT2D eigenvalue weighted by Gasteiger charge is 2.18. The summed E-state index contributed by atoms with van der Waals surface area (Å²) in [5, 5.41) is 22.3. The maximum atomic E-state index is 11.5. The molecule has 1 aromatic rings. The van der Waals surface area contributed by atoms with E-state index < -0.39 is 18.0 Å². The molecular weight excluding hydrogens is 256 g/mol. The maximum absolute atomic E-state index is 11.5. The second kappa shape index (κ2) is 6.70. The third-order valence-corrected chi connectivity index (χ3v) is 2.98. The van der Waals surface area contributed by atoms with Crippen LogP contribution in [0.1, 0.15) is 18.4 Å². The molecular formula is C10H14N4O3S. The average Bonchev–Trinajstić information content (AvgIpc) is 2.76. The normalized spacial score (nSPS) is 11.6. The van der Waals surface area contributed by atoms with E-state index in [1.807, 2.05) is 6.92 Å². The molecule has 18 heavy (non-hydrogen) atoms. The molecule has 2 amide bonds. The van der Waals surface area contributed by atoms with Gasteiger partial charge in [-0.3, -0.25) is 5.32 Å². The lowest BCUT2D eigenvalue weighted by molar-refractivity contribution is -0.139. The number of hydrogen-bond acceptors (Lipinski definition) is 5. The van der Waals surface area contributed by atoms with Gasteiger partial charge in [0.05, 0.1) is 0 Å². The number of amides is 2. The number of rotatable bonds is 6. The van der Waals surface area contributed by atoms with Crippen molar-refractivity contribution in [2.45, 2.75) is 25.8 Å². The summed E-state index contributed by atoms with van der Waals surface area (Å²) in [7, 11) is 0. The van der Waals surface area contributed by atoms with Gasteiger partial charge in [0, 0.05) is 0 Å². The summed E-state index contributed by atoms with van der Waals surface area (Å²) in [6.45, 7) is 5.36. The molecule has 8 heteroatoms. The molecule has 1 unspecified atom stereocenters. The number of aryl methyl sites for hydroxylation is 1. The number of anilines is 1. The molecule has 1 aromatic heterocycles. The van der Waals surface area contributed by atoms with Gasteiger partial charge in [-0.2, -0.15) is 0 Å². The molecule has 0 spiro atoms. The Labute approximate surface area is 108 Å². The first-order valence-electron chi connectivity index (χ1n) is 5.30. The van der Waals surface area contributed by atoms with E-state index in [0.717, 1.165) is 11.4 Å². The number of carboxylic acids is 1. The first kappa shape index (κ1) is 14.1. The van der Waals surface area contributed by atoms with Gasteiger partial charge in [0.2, 0.25) is 5.13 Å². The van der Waals surface area contributed by atoms with Crippen LogP contribution in [-0.4, -0.2) is 33.3 Å². The number of carbonyl (C=O) groups excluding carboxylic acids is 1. The minimum Gasteiger partial charge on any atom is -0.480 e. The molecule has 0 aliphatic carbocycles. The predicted molar refractivity (Wildman–Crippen MR) is 67.7 cm³/mol. The Morgan fingerprint density at radius 2 is 2.28 bits per heavy atom. The molecule has 0 aliphatic heterocycles. The van der Waals surface area contributed by atoms with Crippen LogP contribution in [0.3, 0.4) is 0 Å². The molecule has 1 atom stereocenters. The van der Waals surface area contributed by atoms with Gasteiger partial charge in [-0.25, -0.2) is 9.59 Å². The van der Waals surface area contributed by atoms with Gasteiger partial charge in [0.15, 0.2) is 0 Å². The van der Waals surface area contributed by atoms with E-state index in [1.165, 1.54) is 17.4 Å². The third-order valence-electron chi connectivity index (χ3n) is 2.00. The fourth-order valence-electron chi connectivity index (χ4n) is 1.13. The monoisotopic (exact) mass is 270 g/mol. The summed E-state index contributed by atoms with van der Waals surface area (Å²) in [6.07, 6.45) is 2.31. The van der Waals surface area contributed by atoms with Crippen LogP contribution in [0, 0.1) is 0 Å². The number of urea groups is 1. The minimum absolute atomic E-state index is 0.152. The summed E-state index contributed by atoms with van der Waals surface area (Å²) in [5.74, 6) is -1.11. The summed E-state index contributed by atoms with van der Waals surface area (Å²) < 4.78 is 0. The molecule has 3 N–H and O–H groups in total. The zero-order chi connectivity index (χ0) is 13.5. The molecule has 0 saturated carbocycles. The van der Waals surface area contributed by atoms with Crippen LogP contribution in [0.2, 0.25) is 0 Å². The lowest BCUT2D eigenvalue weighted by atomic mass is 10.2. The Bertz CT molecular complexity index is 446. The summed E-state index contributed by atoms with van der Waals surface area (Å²) >= 11 is 1.25. The van der Waals surface area contributed by atoms with E-state index in [-0.39, 0.29) is 6.42 Å². The fraction of sp³-hybridized carbons (Fsp3) is 0.400. The van der Waals surface area contributed by atoms with E-state index in [1.54, 1.807) is 0 Å². The van der Waals surface area contributed by atoms with Gasteiger partial charge in [0.1, 0.15) is 11.0 Å². The van der Waals surface area contributed by atoms with E-state index in [9.17, 15) is 9.59 Å². The Hall–Kier alpha value is -1.96. The van der Waals surface area contributed by atoms with Crippen LogP contribution < -0.4 is 10.6 Å². The number of hydrogen-bond donors (Lipinski definition) is 3. The van der Waals surface area contributed by atoms with Crippen LogP contribution in [0.5, 0.6) is 0 Å². The summed E-state index contributed by atoms with van der Waals surface area (Å²) in [5.41, 5.74) is 0. The smallest absolute Gasteiger partial charge is 0.326 e. The van der Waals surface area contributed by atoms with Gasteiger partial charge in [-0.1, -0.05) is 24.3 Å². The number of carboxylic acid groups (broad SMARTS) is 1. The number of aliphatic carboxylic acids is 1. The highest BCUT2D eigenvalue weighted by Crippen LogP contribution is 2.15. The van der Waals surface area contributed by atoms with Crippen LogP contribution in [0.15, 0.2) is 12.7 Å². The van der Waals surface area contributed by atoms with Crippen molar-refractivity contribution in [3.63, 3.8) is 0 Å². The maximum Gasteiger partial charge on any atom is 0.326 e. The van der Waals surface area contributed by atoms with Crippen LogP contribution in [-0.2, 0) is 11.2 Å². The van der Waals surface area contributed by atoms with Gasteiger partial charge < -0.3 is 10.4 Å². The van der Waals surface area contributed by atoms with Crippen molar-refractivity contribution in [1.82, 2.24) is 15.5 Å². The zero-order valence-electron chi connectivity index (χ0n) is 9.84. The molecule has 98 valence electrons. The molecule has 0 radical (unpaired) electrons. The van der Waals surface area contributed by atoms with Crippen molar-refractivity contribution in [2.75, 3.05) is 5.32 Å². The van der Waals surface area contributed by atoms with E-state index >= 15 is 0 Å². The molecule has 1 rings (SSSR count). The number of nitrogens with one attached hydrogen (secondary N) is 2. The van der Waals surface area contributed by atoms with Crippen molar-refractivity contribution >= 4 is 28.5 Å². The van der Waals surface area contributed by atoms with Crippen LogP contribution >= 0.6 is 11.3 Å². The molecule has 0 fully saturated rings. The van der Waals surface area contributed by atoms with Crippen LogP contribution in [0.4, 0.5) is 9.93 Å². The zero-order valence-corrected chi connectivity index (χ0v) is 10.7. The summed E-state index contributed by atoms with van der Waals surface area (Å²) in [4.78, 5) is 22.3. The number of aromatic nitrogens is 2. The van der Waals surface area contributed by atoms with E-state index in [4.69, 9.17) is 5.11 Å². The standard InChI is InChI=1S/C10H14N4O3S/c1-3-5-6(8(15)16)11-9(17)12-10-14-13-7(4-2)18-10/h3,6H,1,4-5H2,2H3,(H,15,16)(H2,11,12,14,17). The Balaban J connectivity index is 2.54. The molecule has 0 saturated heterocycles. The van der Waals surface area contributed by atoms with Gasteiger partial charge >= 0.3 is 12.0 Å². The quantitative estimate of drug-likeness (QED) is 0.675. The van der Waals surface area contributed by atoms with Gasteiger partial charge in [0.25, 0.3) is 0 Å². The Morgan fingerprint density at radius 1 is 1.56 bits per heavy atom. The molecule has 0 aromatic carbocycles. The van der Waals surface area contributed by atoms with Crippen molar-refractivity contribution in [2.24, 2.45) is 0 Å². The topological polar surface area (TPSA) is 104 Å². The molecule has 0 bridgehead atoms. The number of carbonyl (C=O) groups is 2. The predicted octanol–water partition coefficient (Wildman–Crippen LogP) is 1.25. The molecule has 1 heterocycles. The minimum atomic E-state index is -1.11. The lowest BCUT2D eigenvalue weighted by Gasteiger charge is -2.11. The largest absolute Gasteiger partial charge is 0.480 e. The number of nitrogens with zero attached hydrogens (tertiary/aromatic N) is 2. The second-order valence-electron chi connectivity index (χ2n) is 3.37. The van der Waals surface area contributed by atoms with Crippen LogP contribution in [0.25, 0.3) is 0 Å². The highest BCUT2D eigenvalue weighted by atomic mass is 32.1. The van der Waals surface area contributed by atoms with Crippen molar-refractivity contribution in [3.8, 4) is 0 Å². The van der Waals surface area contributed by atoms with Crippen molar-refractivity contribution in [1.29, 1.82) is 0 Å². The van der Waals surface area contributed by atoms with Crippen molar-refractivity contribution in [3.05, 3.63) is 17.7 Å². The molecule has 0 aliphatic rings. The average molecular weight is 270 g/mol. The van der Waals surface area contributed by atoms with Gasteiger partial charge in [-0.15, -0.1) is 16.8 Å². The first-order chi connectivity index (χ1) is 8.56.